The number of halogens is 4. The van der Waals surface area contributed by atoms with Crippen molar-refractivity contribution in [3.05, 3.63) is 29.6 Å². The van der Waals surface area contributed by atoms with E-state index < -0.39 is 40.9 Å². The maximum Gasteiger partial charge on any atom is 0.573 e. The number of Topliss-reactive ketones (excluding diaryl/α,β-unsaturated/α-hetero) is 1. The van der Waals surface area contributed by atoms with Gasteiger partial charge in [-0.25, -0.2) is 4.39 Å². The van der Waals surface area contributed by atoms with E-state index in [2.05, 4.69) is 4.74 Å². The summed E-state index contributed by atoms with van der Waals surface area (Å²) in [6.07, 6.45) is -5.83. The summed E-state index contributed by atoms with van der Waals surface area (Å²) in [6.45, 7) is 0. The second kappa shape index (κ2) is 5.27. The number of ether oxygens (including phenoxy) is 1. The summed E-state index contributed by atoms with van der Waals surface area (Å²) in [5, 5.41) is 9.56. The average molecular weight is 307 g/mol. The molecule has 1 aromatic carbocycles. The molecule has 1 aliphatic rings. The van der Waals surface area contributed by atoms with E-state index in [9.17, 15) is 27.5 Å². The van der Waals surface area contributed by atoms with Crippen molar-refractivity contribution in [1.82, 2.24) is 0 Å². The fourth-order valence-corrected chi connectivity index (χ4v) is 2.45. The minimum Gasteiger partial charge on any atom is -0.403 e. The Kier molecular flexibility index (Phi) is 3.94. The largest absolute Gasteiger partial charge is 0.573 e. The van der Waals surface area contributed by atoms with Gasteiger partial charge in [0.1, 0.15) is 11.6 Å². The van der Waals surface area contributed by atoms with Crippen LogP contribution in [0, 0.1) is 5.82 Å². The van der Waals surface area contributed by atoms with Crippen molar-refractivity contribution in [2.45, 2.75) is 37.3 Å². The van der Waals surface area contributed by atoms with Crippen molar-refractivity contribution in [2.75, 3.05) is 0 Å². The molecular weight excluding hydrogens is 294 g/mol. The first-order chi connectivity index (χ1) is 9.65. The van der Waals surface area contributed by atoms with Gasteiger partial charge >= 0.3 is 6.36 Å². The molecule has 0 heterocycles. The molecule has 0 bridgehead atoms. The summed E-state index contributed by atoms with van der Waals surface area (Å²) in [4.78, 5) is 12.0. The zero-order valence-electron chi connectivity index (χ0n) is 10.8. The van der Waals surface area contributed by atoms with Crippen molar-refractivity contribution in [2.24, 2.45) is 5.73 Å². The van der Waals surface area contributed by atoms with E-state index >= 15 is 0 Å². The first-order valence-corrected chi connectivity index (χ1v) is 6.21. The summed E-state index contributed by atoms with van der Waals surface area (Å²) in [5.74, 6) is -3.21. The predicted molar refractivity (Wildman–Crippen MR) is 63.8 cm³/mol. The van der Waals surface area contributed by atoms with Crippen molar-refractivity contribution in [1.29, 1.82) is 0 Å². The second-order valence-corrected chi connectivity index (χ2v) is 4.91. The van der Waals surface area contributed by atoms with Crippen LogP contribution in [0.1, 0.15) is 24.8 Å². The lowest BCUT2D eigenvalue weighted by molar-refractivity contribution is -0.275. The number of hydrogen-bond donors (Lipinski definition) is 2. The molecule has 8 heteroatoms. The summed E-state index contributed by atoms with van der Waals surface area (Å²) < 4.78 is 54.4. The third kappa shape index (κ3) is 3.01. The lowest BCUT2D eigenvalue weighted by Gasteiger charge is -2.35. The fourth-order valence-electron chi connectivity index (χ4n) is 2.45. The van der Waals surface area contributed by atoms with Crippen LogP contribution in [0.4, 0.5) is 17.6 Å². The number of ketones is 1. The van der Waals surface area contributed by atoms with Crippen molar-refractivity contribution < 1.29 is 32.2 Å². The Morgan fingerprint density at radius 2 is 2.05 bits per heavy atom. The molecule has 4 nitrogen and oxygen atoms in total. The average Bonchev–Trinajstić information content (AvgIpc) is 2.37. The fraction of sp³-hybridized carbons (Fsp3) is 0.462. The van der Waals surface area contributed by atoms with Gasteiger partial charge in [0, 0.05) is 5.56 Å². The van der Waals surface area contributed by atoms with E-state index in [0.29, 0.717) is 6.42 Å². The molecule has 0 aromatic heterocycles. The standard InChI is InChI=1S/C13H13F4NO3/c14-10-7(3-1-5-9(10)21-13(15,16)17)12(18)6-2-4-8(19)11(12)20/h1,3,5,8,19H,2,4,6,18H2. The number of nitrogens with two attached hydrogens (primary N) is 1. The molecule has 116 valence electrons. The maximum atomic E-state index is 14.2. The van der Waals surface area contributed by atoms with Crippen molar-refractivity contribution in [3.63, 3.8) is 0 Å². The molecule has 1 aliphatic carbocycles. The van der Waals surface area contributed by atoms with E-state index in [1.54, 1.807) is 0 Å². The predicted octanol–water partition coefficient (Wildman–Crippen LogP) is 1.99. The lowest BCUT2D eigenvalue weighted by atomic mass is 9.75. The number of benzene rings is 1. The Morgan fingerprint density at radius 1 is 1.38 bits per heavy atom. The Morgan fingerprint density at radius 3 is 2.67 bits per heavy atom. The SMILES string of the molecule is NC1(c2cccc(OC(F)(F)F)c2F)CCCC(O)C1=O. The molecule has 0 amide bonds. The van der Waals surface area contributed by atoms with Gasteiger partial charge in [-0.05, 0) is 25.3 Å². The van der Waals surface area contributed by atoms with Crippen molar-refractivity contribution in [3.8, 4) is 5.75 Å². The summed E-state index contributed by atoms with van der Waals surface area (Å²) >= 11 is 0. The summed E-state index contributed by atoms with van der Waals surface area (Å²) in [5.41, 5.74) is 3.60. The van der Waals surface area contributed by atoms with Gasteiger partial charge in [0.15, 0.2) is 17.3 Å². The van der Waals surface area contributed by atoms with E-state index in [0.717, 1.165) is 18.2 Å². The molecule has 0 radical (unpaired) electrons. The number of carbonyl (C=O) groups excluding carboxylic acids is 1. The molecule has 0 aliphatic heterocycles. The number of hydrogen-bond acceptors (Lipinski definition) is 4. The summed E-state index contributed by atoms with van der Waals surface area (Å²) in [7, 11) is 0. The molecule has 2 atom stereocenters. The second-order valence-electron chi connectivity index (χ2n) is 4.91. The minimum absolute atomic E-state index is 0.0370. The molecule has 3 N–H and O–H groups in total. The van der Waals surface area contributed by atoms with Gasteiger partial charge in [-0.2, -0.15) is 0 Å². The zero-order valence-corrected chi connectivity index (χ0v) is 10.8. The van der Waals surface area contributed by atoms with Crippen molar-refractivity contribution >= 4 is 5.78 Å². The molecule has 2 rings (SSSR count). The number of rotatable bonds is 2. The number of aliphatic hydroxyl groups is 1. The first kappa shape index (κ1) is 15.7. The number of carbonyl (C=O) groups is 1. The van der Waals surface area contributed by atoms with Crippen LogP contribution in [0.2, 0.25) is 0 Å². The van der Waals surface area contributed by atoms with Crippen LogP contribution in [0.3, 0.4) is 0 Å². The molecule has 21 heavy (non-hydrogen) atoms. The monoisotopic (exact) mass is 307 g/mol. The Balaban J connectivity index is 2.44. The third-order valence-corrected chi connectivity index (χ3v) is 3.46. The number of aliphatic hydroxyl groups excluding tert-OH is 1. The van der Waals surface area contributed by atoms with Gasteiger partial charge < -0.3 is 15.6 Å². The molecule has 0 spiro atoms. The maximum absolute atomic E-state index is 14.2. The summed E-state index contributed by atoms with van der Waals surface area (Å²) in [6, 6.07) is 3.02. The van der Waals surface area contributed by atoms with E-state index in [1.165, 1.54) is 0 Å². The van der Waals surface area contributed by atoms with E-state index in [1.807, 2.05) is 0 Å². The highest BCUT2D eigenvalue weighted by molar-refractivity contribution is 5.93. The quantitative estimate of drug-likeness (QED) is 0.820. The van der Waals surface area contributed by atoms with E-state index in [-0.39, 0.29) is 12.8 Å². The molecule has 1 aromatic rings. The first-order valence-electron chi connectivity index (χ1n) is 6.21. The van der Waals surface area contributed by atoms with Crippen LogP contribution in [0.25, 0.3) is 0 Å². The third-order valence-electron chi connectivity index (χ3n) is 3.46. The highest BCUT2D eigenvalue weighted by Gasteiger charge is 2.45. The van der Waals surface area contributed by atoms with Crippen LogP contribution < -0.4 is 10.5 Å². The molecule has 1 saturated carbocycles. The van der Waals surface area contributed by atoms with Crippen LogP contribution in [-0.4, -0.2) is 23.4 Å². The van der Waals surface area contributed by atoms with E-state index in [4.69, 9.17) is 5.73 Å². The topological polar surface area (TPSA) is 72.6 Å². The normalized spacial score (nSPS) is 26.8. The molecule has 0 saturated heterocycles. The van der Waals surface area contributed by atoms with Gasteiger partial charge in [-0.3, -0.25) is 4.79 Å². The van der Waals surface area contributed by atoms with Gasteiger partial charge in [-0.1, -0.05) is 12.1 Å². The van der Waals surface area contributed by atoms with Crippen LogP contribution in [0.15, 0.2) is 18.2 Å². The van der Waals surface area contributed by atoms with Gasteiger partial charge in [-0.15, -0.1) is 13.2 Å². The van der Waals surface area contributed by atoms with Crippen LogP contribution >= 0.6 is 0 Å². The highest BCUT2D eigenvalue weighted by Crippen LogP contribution is 2.37. The zero-order chi connectivity index (χ0) is 15.8. The lowest BCUT2D eigenvalue weighted by Crippen LogP contribution is -2.53. The van der Waals surface area contributed by atoms with Gasteiger partial charge in [0.05, 0.1) is 0 Å². The Labute approximate surface area is 117 Å². The minimum atomic E-state index is -5.06. The van der Waals surface area contributed by atoms with Gasteiger partial charge in [0.25, 0.3) is 0 Å². The smallest absolute Gasteiger partial charge is 0.403 e. The number of alkyl halides is 3. The van der Waals surface area contributed by atoms with Crippen LogP contribution in [0.5, 0.6) is 5.75 Å². The Hall–Kier alpha value is -1.67. The van der Waals surface area contributed by atoms with Crippen LogP contribution in [-0.2, 0) is 10.3 Å². The molecule has 2 unspecified atom stereocenters. The highest BCUT2D eigenvalue weighted by atomic mass is 19.4. The Bertz CT molecular complexity index is 561. The van der Waals surface area contributed by atoms with Gasteiger partial charge in [0.2, 0.25) is 0 Å². The molecular formula is C13H13F4NO3. The molecule has 1 fully saturated rings.